The number of rotatable bonds is 2. The number of nitrogens with zero attached hydrogens (tertiary/aromatic N) is 2. The molecular formula is C13H15N3O. The van der Waals surface area contributed by atoms with E-state index in [0.717, 1.165) is 24.2 Å². The number of hydrogen-bond acceptors (Lipinski definition) is 3. The number of anilines is 1. The zero-order valence-electron chi connectivity index (χ0n) is 9.72. The van der Waals surface area contributed by atoms with Gasteiger partial charge in [0.2, 0.25) is 0 Å². The molecule has 2 heterocycles. The fraction of sp³-hybridized carbons (Fsp3) is 0.308. The minimum Gasteiger partial charge on any atom is -0.384 e. The van der Waals surface area contributed by atoms with Crippen molar-refractivity contribution in [2.45, 2.75) is 12.5 Å². The molecule has 0 radical (unpaired) electrons. The van der Waals surface area contributed by atoms with Gasteiger partial charge in [0, 0.05) is 37.2 Å². The van der Waals surface area contributed by atoms with Gasteiger partial charge in [0.1, 0.15) is 11.9 Å². The van der Waals surface area contributed by atoms with E-state index >= 15 is 0 Å². The first-order chi connectivity index (χ1) is 8.27. The highest BCUT2D eigenvalue weighted by molar-refractivity contribution is 5.62. The zero-order valence-corrected chi connectivity index (χ0v) is 9.72. The predicted octanol–water partition coefficient (Wildman–Crippen LogP) is 1.47. The minimum atomic E-state index is -0.671. The molecular weight excluding hydrogens is 214 g/mol. The van der Waals surface area contributed by atoms with Crippen LogP contribution in [0.4, 0.5) is 5.69 Å². The van der Waals surface area contributed by atoms with E-state index in [1.165, 1.54) is 5.56 Å². The highest BCUT2D eigenvalue weighted by Crippen LogP contribution is 2.33. The second-order valence-corrected chi connectivity index (χ2v) is 4.36. The predicted molar refractivity (Wildman–Crippen MR) is 65.9 cm³/mol. The molecule has 4 nitrogen and oxygen atoms in total. The van der Waals surface area contributed by atoms with E-state index in [-0.39, 0.29) is 0 Å². The van der Waals surface area contributed by atoms with Crippen molar-refractivity contribution in [2.75, 3.05) is 11.9 Å². The minimum absolute atomic E-state index is 0.671. The van der Waals surface area contributed by atoms with E-state index in [1.807, 2.05) is 29.9 Å². The molecule has 1 aliphatic heterocycles. The van der Waals surface area contributed by atoms with E-state index in [9.17, 15) is 5.11 Å². The first kappa shape index (κ1) is 10.4. The first-order valence-corrected chi connectivity index (χ1v) is 5.78. The molecule has 1 aliphatic rings. The van der Waals surface area contributed by atoms with Crippen LogP contribution in [0.2, 0.25) is 0 Å². The Morgan fingerprint density at radius 1 is 1.47 bits per heavy atom. The summed E-state index contributed by atoms with van der Waals surface area (Å²) in [5.41, 5.74) is 3.26. The summed E-state index contributed by atoms with van der Waals surface area (Å²) in [6.45, 7) is 0.944. The third-order valence-corrected chi connectivity index (χ3v) is 3.28. The maximum Gasteiger partial charge on any atom is 0.142 e. The van der Waals surface area contributed by atoms with Gasteiger partial charge in [-0.25, -0.2) is 4.98 Å². The number of benzene rings is 1. The smallest absolute Gasteiger partial charge is 0.142 e. The molecule has 0 amide bonds. The molecule has 4 heteroatoms. The standard InChI is InChI=1S/C13H15N3O/c1-16-8-7-15-13(16)12(17)10-4-2-3-9-5-6-14-11(9)10/h2-4,7-8,12,14,17H,5-6H2,1H3. The van der Waals surface area contributed by atoms with E-state index < -0.39 is 6.10 Å². The van der Waals surface area contributed by atoms with E-state index in [0.29, 0.717) is 5.82 Å². The maximum atomic E-state index is 10.4. The quantitative estimate of drug-likeness (QED) is 0.820. The van der Waals surface area contributed by atoms with Crippen molar-refractivity contribution >= 4 is 5.69 Å². The Morgan fingerprint density at radius 3 is 3.12 bits per heavy atom. The number of aliphatic hydroxyl groups excluding tert-OH is 1. The summed E-state index contributed by atoms with van der Waals surface area (Å²) in [6, 6.07) is 6.05. The normalized spacial score (nSPS) is 15.4. The molecule has 88 valence electrons. The number of imidazole rings is 1. The molecule has 0 aliphatic carbocycles. The maximum absolute atomic E-state index is 10.4. The van der Waals surface area contributed by atoms with Crippen molar-refractivity contribution < 1.29 is 5.11 Å². The molecule has 1 unspecified atom stereocenters. The number of aryl methyl sites for hydroxylation is 1. The summed E-state index contributed by atoms with van der Waals surface area (Å²) in [5.74, 6) is 0.673. The molecule has 1 aromatic heterocycles. The van der Waals surface area contributed by atoms with Gasteiger partial charge in [0.15, 0.2) is 0 Å². The molecule has 0 saturated carbocycles. The van der Waals surface area contributed by atoms with Crippen LogP contribution >= 0.6 is 0 Å². The van der Waals surface area contributed by atoms with Crippen molar-refractivity contribution in [3.63, 3.8) is 0 Å². The van der Waals surface area contributed by atoms with Crippen LogP contribution in [0.5, 0.6) is 0 Å². The van der Waals surface area contributed by atoms with Crippen molar-refractivity contribution in [2.24, 2.45) is 7.05 Å². The molecule has 0 saturated heterocycles. The average molecular weight is 229 g/mol. The van der Waals surface area contributed by atoms with Crippen LogP contribution in [-0.2, 0) is 13.5 Å². The molecule has 17 heavy (non-hydrogen) atoms. The van der Waals surface area contributed by atoms with Gasteiger partial charge >= 0.3 is 0 Å². The van der Waals surface area contributed by atoms with E-state index in [2.05, 4.69) is 16.4 Å². The van der Waals surface area contributed by atoms with Gasteiger partial charge in [-0.05, 0) is 12.0 Å². The Kier molecular flexibility index (Phi) is 2.37. The highest BCUT2D eigenvalue weighted by Gasteiger charge is 2.22. The van der Waals surface area contributed by atoms with Crippen molar-refractivity contribution in [1.82, 2.24) is 9.55 Å². The highest BCUT2D eigenvalue weighted by atomic mass is 16.3. The molecule has 1 aromatic carbocycles. The number of hydrogen-bond donors (Lipinski definition) is 2. The van der Waals surface area contributed by atoms with Crippen molar-refractivity contribution in [1.29, 1.82) is 0 Å². The van der Waals surface area contributed by atoms with Crippen molar-refractivity contribution in [3.8, 4) is 0 Å². The summed E-state index contributed by atoms with van der Waals surface area (Å²) in [7, 11) is 1.89. The summed E-state index contributed by atoms with van der Waals surface area (Å²) < 4.78 is 1.85. The van der Waals surface area contributed by atoms with Crippen LogP contribution < -0.4 is 5.32 Å². The number of para-hydroxylation sites is 1. The van der Waals surface area contributed by atoms with Crippen LogP contribution in [0.1, 0.15) is 23.1 Å². The van der Waals surface area contributed by atoms with E-state index in [1.54, 1.807) is 6.20 Å². The molecule has 0 fully saturated rings. The molecule has 0 bridgehead atoms. The summed E-state index contributed by atoms with van der Waals surface area (Å²) >= 11 is 0. The van der Waals surface area contributed by atoms with Crippen molar-refractivity contribution in [3.05, 3.63) is 47.5 Å². The van der Waals surface area contributed by atoms with Gasteiger partial charge in [0.05, 0.1) is 0 Å². The molecule has 2 aromatic rings. The van der Waals surface area contributed by atoms with Crippen LogP contribution in [0.25, 0.3) is 0 Å². The van der Waals surface area contributed by atoms with Gasteiger partial charge in [-0.1, -0.05) is 18.2 Å². The van der Waals surface area contributed by atoms with Crippen LogP contribution in [0, 0.1) is 0 Å². The molecule has 1 atom stereocenters. The average Bonchev–Trinajstić information content (AvgIpc) is 2.95. The van der Waals surface area contributed by atoms with Crippen LogP contribution in [0.15, 0.2) is 30.6 Å². The monoisotopic (exact) mass is 229 g/mol. The lowest BCUT2D eigenvalue weighted by Gasteiger charge is -2.15. The molecule has 2 N–H and O–H groups in total. The second kappa shape index (κ2) is 3.89. The summed E-state index contributed by atoms with van der Waals surface area (Å²) in [6.07, 6.45) is 3.90. The summed E-state index contributed by atoms with van der Waals surface area (Å²) in [5, 5.41) is 13.7. The molecule has 0 spiro atoms. The number of aliphatic hydroxyl groups is 1. The SMILES string of the molecule is Cn1ccnc1C(O)c1cccc2c1NCC2. The Balaban J connectivity index is 2.05. The summed E-state index contributed by atoms with van der Waals surface area (Å²) in [4.78, 5) is 4.20. The number of nitrogens with one attached hydrogen (secondary N) is 1. The Hall–Kier alpha value is -1.81. The van der Waals surface area contributed by atoms with Crippen LogP contribution in [0.3, 0.4) is 0 Å². The Morgan fingerprint density at radius 2 is 2.35 bits per heavy atom. The Bertz CT molecular complexity index is 547. The lowest BCUT2D eigenvalue weighted by Crippen LogP contribution is -2.09. The first-order valence-electron chi connectivity index (χ1n) is 5.78. The van der Waals surface area contributed by atoms with Gasteiger partial charge in [-0.2, -0.15) is 0 Å². The largest absolute Gasteiger partial charge is 0.384 e. The van der Waals surface area contributed by atoms with Gasteiger partial charge in [-0.15, -0.1) is 0 Å². The lowest BCUT2D eigenvalue weighted by molar-refractivity contribution is 0.207. The Labute approximate surface area is 99.9 Å². The second-order valence-electron chi connectivity index (χ2n) is 4.36. The lowest BCUT2D eigenvalue weighted by atomic mass is 10.0. The molecule has 3 rings (SSSR count). The topological polar surface area (TPSA) is 50.1 Å². The van der Waals surface area contributed by atoms with Gasteiger partial charge < -0.3 is 15.0 Å². The third-order valence-electron chi connectivity index (χ3n) is 3.28. The zero-order chi connectivity index (χ0) is 11.8. The third kappa shape index (κ3) is 1.61. The number of aromatic nitrogens is 2. The fourth-order valence-corrected chi connectivity index (χ4v) is 2.37. The van der Waals surface area contributed by atoms with Crippen LogP contribution in [-0.4, -0.2) is 21.2 Å². The van der Waals surface area contributed by atoms with E-state index in [4.69, 9.17) is 0 Å². The fourth-order valence-electron chi connectivity index (χ4n) is 2.37. The van der Waals surface area contributed by atoms with Gasteiger partial charge in [-0.3, -0.25) is 0 Å². The number of fused-ring (bicyclic) bond motifs is 1. The van der Waals surface area contributed by atoms with Gasteiger partial charge in [0.25, 0.3) is 0 Å².